The quantitative estimate of drug-likeness (QED) is 0.781. The Bertz CT molecular complexity index is 839. The first-order valence-electron chi connectivity index (χ1n) is 8.71. The second-order valence-electron chi connectivity index (χ2n) is 6.23. The number of rotatable bonds is 1. The molecule has 0 saturated carbocycles. The number of ether oxygens (including phenoxy) is 2. The van der Waals surface area contributed by atoms with Crippen molar-refractivity contribution in [3.8, 4) is 11.5 Å². The molecule has 1 aliphatic rings. The van der Waals surface area contributed by atoms with Gasteiger partial charge in [-0.05, 0) is 42.7 Å². The van der Waals surface area contributed by atoms with Crippen LogP contribution in [-0.4, -0.2) is 36.2 Å². The van der Waals surface area contributed by atoms with E-state index in [1.54, 1.807) is 36.4 Å². The van der Waals surface area contributed by atoms with Gasteiger partial charge in [0.1, 0.15) is 17.5 Å². The summed E-state index contributed by atoms with van der Waals surface area (Å²) in [6, 6.07) is 11.0. The highest BCUT2D eigenvalue weighted by Gasteiger charge is 2.25. The van der Waals surface area contributed by atoms with Crippen molar-refractivity contribution in [2.75, 3.05) is 13.2 Å². The summed E-state index contributed by atoms with van der Waals surface area (Å²) in [7, 11) is 0. The van der Waals surface area contributed by atoms with Crippen molar-refractivity contribution in [3.05, 3.63) is 58.6 Å². The highest BCUT2D eigenvalue weighted by Crippen LogP contribution is 2.27. The van der Waals surface area contributed by atoms with E-state index in [-0.39, 0.29) is 17.0 Å². The van der Waals surface area contributed by atoms with E-state index in [4.69, 9.17) is 21.1 Å². The van der Waals surface area contributed by atoms with Gasteiger partial charge in [0.25, 0.3) is 5.91 Å². The molecule has 0 saturated heterocycles. The molecule has 2 aromatic rings. The average molecular weight is 390 g/mol. The molecule has 0 spiro atoms. The average Bonchev–Trinajstić information content (AvgIpc) is 2.64. The highest BCUT2D eigenvalue weighted by atomic mass is 35.5. The van der Waals surface area contributed by atoms with E-state index >= 15 is 0 Å². The fraction of sp³-hybridized carbons (Fsp3) is 0.300. The summed E-state index contributed by atoms with van der Waals surface area (Å²) in [6.07, 6.45) is 1.65. The second kappa shape index (κ2) is 8.77. The number of fused-ring (bicyclic) bond motifs is 3. The van der Waals surface area contributed by atoms with E-state index in [1.807, 2.05) is 6.07 Å². The number of carbonyl (C=O) groups excluding carboxylic acids is 1. The maximum atomic E-state index is 12.7. The lowest BCUT2D eigenvalue weighted by Gasteiger charge is -2.17. The Labute approximate surface area is 162 Å². The van der Waals surface area contributed by atoms with Gasteiger partial charge in [-0.3, -0.25) is 4.79 Å². The van der Waals surface area contributed by atoms with Gasteiger partial charge in [0.05, 0.1) is 23.8 Å². The predicted octanol–water partition coefficient (Wildman–Crippen LogP) is 3.32. The van der Waals surface area contributed by atoms with Crippen molar-refractivity contribution >= 4 is 23.5 Å². The molecule has 0 fully saturated rings. The molecule has 1 heterocycles. The second-order valence-corrected chi connectivity index (χ2v) is 6.64. The lowest BCUT2D eigenvalue weighted by Crippen LogP contribution is -2.42. The minimum Gasteiger partial charge on any atom is -0.494 e. The zero-order valence-electron chi connectivity index (χ0n) is 14.6. The number of carboxylic acids is 1. The summed E-state index contributed by atoms with van der Waals surface area (Å²) >= 11 is 6.19. The van der Waals surface area contributed by atoms with Crippen LogP contribution in [0, 0.1) is 0 Å². The molecule has 2 bridgehead atoms. The number of halogens is 1. The number of benzene rings is 2. The summed E-state index contributed by atoms with van der Waals surface area (Å²) in [5.74, 6) is -0.704. The van der Waals surface area contributed by atoms with Crippen molar-refractivity contribution in [1.29, 1.82) is 0 Å². The first-order chi connectivity index (χ1) is 13.0. The summed E-state index contributed by atoms with van der Waals surface area (Å²) < 4.78 is 11.4. The third-order valence-corrected chi connectivity index (χ3v) is 4.52. The standard InChI is InChI=1S/C20H20ClNO5/c21-15-7-4-8-17-18(15)19(23)22-16(20(24)25)12-13-5-3-6-14(11-13)26-9-1-2-10-27-17/h3-8,11,16H,1-2,9-10,12H2,(H,22,23)(H,24,25)/t16-/m0/s1. The molecule has 0 unspecified atom stereocenters. The number of hydrogen-bond acceptors (Lipinski definition) is 4. The third-order valence-electron chi connectivity index (χ3n) is 4.21. The molecule has 0 aliphatic carbocycles. The number of hydrogen-bond donors (Lipinski definition) is 2. The maximum absolute atomic E-state index is 12.7. The molecule has 6 nitrogen and oxygen atoms in total. The van der Waals surface area contributed by atoms with Crippen LogP contribution >= 0.6 is 11.6 Å². The molecule has 1 amide bonds. The Hall–Kier alpha value is -2.73. The summed E-state index contributed by atoms with van der Waals surface area (Å²) in [5, 5.41) is 12.3. The van der Waals surface area contributed by atoms with Crippen LogP contribution in [0.5, 0.6) is 11.5 Å². The predicted molar refractivity (Wildman–Crippen MR) is 101 cm³/mol. The summed E-state index contributed by atoms with van der Waals surface area (Å²) in [4.78, 5) is 24.4. The van der Waals surface area contributed by atoms with Crippen molar-refractivity contribution < 1.29 is 24.2 Å². The van der Waals surface area contributed by atoms with Crippen LogP contribution in [0.3, 0.4) is 0 Å². The Kier molecular flexibility index (Phi) is 6.19. The number of amides is 1. The zero-order chi connectivity index (χ0) is 19.2. The van der Waals surface area contributed by atoms with Crippen molar-refractivity contribution in [2.45, 2.75) is 25.3 Å². The van der Waals surface area contributed by atoms with Crippen LogP contribution in [0.2, 0.25) is 5.02 Å². The summed E-state index contributed by atoms with van der Waals surface area (Å²) in [6.45, 7) is 0.918. The molecule has 142 valence electrons. The van der Waals surface area contributed by atoms with E-state index in [2.05, 4.69) is 5.32 Å². The molecule has 2 N–H and O–H groups in total. The first kappa shape index (κ1) is 19.0. The van der Waals surface area contributed by atoms with E-state index in [9.17, 15) is 14.7 Å². The van der Waals surface area contributed by atoms with Crippen LogP contribution in [-0.2, 0) is 11.2 Å². The Morgan fingerprint density at radius 3 is 2.63 bits per heavy atom. The van der Waals surface area contributed by atoms with E-state index in [0.717, 1.165) is 18.4 Å². The number of carboxylic acid groups (broad SMARTS) is 1. The van der Waals surface area contributed by atoms with E-state index in [1.165, 1.54) is 0 Å². The van der Waals surface area contributed by atoms with Gasteiger partial charge in [0.2, 0.25) is 0 Å². The molecule has 2 aromatic carbocycles. The zero-order valence-corrected chi connectivity index (χ0v) is 15.4. The van der Waals surface area contributed by atoms with Crippen molar-refractivity contribution in [1.82, 2.24) is 5.32 Å². The van der Waals surface area contributed by atoms with Gasteiger partial charge in [-0.15, -0.1) is 0 Å². The normalized spacial score (nSPS) is 18.0. The lowest BCUT2D eigenvalue weighted by molar-refractivity contribution is -0.139. The number of nitrogens with one attached hydrogen (secondary N) is 1. The van der Waals surface area contributed by atoms with Gasteiger partial charge < -0.3 is 19.9 Å². The molecule has 1 atom stereocenters. The number of aliphatic carboxylic acids is 1. The fourth-order valence-electron chi connectivity index (χ4n) is 2.85. The largest absolute Gasteiger partial charge is 0.494 e. The highest BCUT2D eigenvalue weighted by molar-refractivity contribution is 6.34. The SMILES string of the molecule is O=C1N[C@H](C(=O)O)Cc2cccc(c2)OCCCCOc2cccc(Cl)c21. The van der Waals surface area contributed by atoms with E-state index in [0.29, 0.717) is 24.7 Å². The maximum Gasteiger partial charge on any atom is 0.326 e. The molecule has 0 radical (unpaired) electrons. The molecule has 3 rings (SSSR count). The van der Waals surface area contributed by atoms with Crippen LogP contribution < -0.4 is 14.8 Å². The minimum absolute atomic E-state index is 0.124. The minimum atomic E-state index is -1.13. The molecular formula is C20H20ClNO5. The van der Waals surface area contributed by atoms with Gasteiger partial charge >= 0.3 is 5.97 Å². The monoisotopic (exact) mass is 389 g/mol. The van der Waals surface area contributed by atoms with Crippen LogP contribution in [0.4, 0.5) is 0 Å². The fourth-order valence-corrected chi connectivity index (χ4v) is 3.10. The smallest absolute Gasteiger partial charge is 0.326 e. The molecule has 1 aliphatic heterocycles. The number of carbonyl (C=O) groups is 2. The first-order valence-corrected chi connectivity index (χ1v) is 9.09. The van der Waals surface area contributed by atoms with Crippen molar-refractivity contribution in [2.24, 2.45) is 0 Å². The Morgan fingerprint density at radius 1 is 1.11 bits per heavy atom. The van der Waals surface area contributed by atoms with Crippen LogP contribution in [0.15, 0.2) is 42.5 Å². The lowest BCUT2D eigenvalue weighted by atomic mass is 10.0. The van der Waals surface area contributed by atoms with Gasteiger partial charge in [0, 0.05) is 6.42 Å². The third kappa shape index (κ3) is 4.92. The Morgan fingerprint density at radius 2 is 1.85 bits per heavy atom. The van der Waals surface area contributed by atoms with E-state index < -0.39 is 17.9 Å². The van der Waals surface area contributed by atoms with Gasteiger partial charge in [0.15, 0.2) is 0 Å². The Balaban J connectivity index is 1.93. The van der Waals surface area contributed by atoms with Crippen LogP contribution in [0.1, 0.15) is 28.8 Å². The topological polar surface area (TPSA) is 84.9 Å². The van der Waals surface area contributed by atoms with Gasteiger partial charge in [-0.2, -0.15) is 0 Å². The van der Waals surface area contributed by atoms with Crippen molar-refractivity contribution in [3.63, 3.8) is 0 Å². The molecule has 0 aromatic heterocycles. The molecule has 27 heavy (non-hydrogen) atoms. The van der Waals surface area contributed by atoms with Gasteiger partial charge in [-0.1, -0.05) is 29.8 Å². The summed E-state index contributed by atoms with van der Waals surface area (Å²) in [5.41, 5.74) is 0.899. The van der Waals surface area contributed by atoms with Gasteiger partial charge in [-0.25, -0.2) is 4.79 Å². The molecule has 7 heteroatoms. The molecular weight excluding hydrogens is 370 g/mol. The van der Waals surface area contributed by atoms with Crippen LogP contribution in [0.25, 0.3) is 0 Å².